The van der Waals surface area contributed by atoms with E-state index in [2.05, 4.69) is 22.2 Å². The van der Waals surface area contributed by atoms with Gasteiger partial charge in [-0.15, -0.1) is 0 Å². The maximum absolute atomic E-state index is 9.38. The smallest absolute Gasteiger partial charge is 0.256 e. The molecule has 0 saturated carbocycles. The Balaban J connectivity index is 2.69. The highest BCUT2D eigenvalue weighted by atomic mass is 32.1. The van der Waals surface area contributed by atoms with E-state index in [0.29, 0.717) is 0 Å². The number of aliphatic hydroxyl groups is 4. The lowest BCUT2D eigenvalue weighted by Crippen LogP contribution is -2.58. The Morgan fingerprint density at radius 1 is 1.27 bits per heavy atom. The minimum absolute atomic E-state index is 0.522. The van der Waals surface area contributed by atoms with Crippen LogP contribution in [-0.2, 0) is 9.57 Å². The van der Waals surface area contributed by atoms with Gasteiger partial charge in [0.25, 0.3) is 6.29 Å². The molecule has 0 amide bonds. The van der Waals surface area contributed by atoms with Gasteiger partial charge in [-0.3, -0.25) is 0 Å². The topological polar surface area (TPSA) is 112 Å². The van der Waals surface area contributed by atoms with Crippen molar-refractivity contribution >= 4 is 17.4 Å². The Bertz CT molecular complexity index is 256. The third-order valence-corrected chi connectivity index (χ3v) is 2.12. The van der Waals surface area contributed by atoms with Gasteiger partial charge < -0.3 is 30.0 Å². The van der Waals surface area contributed by atoms with Gasteiger partial charge in [0.15, 0.2) is 0 Å². The predicted octanol–water partition coefficient (Wildman–Crippen LogP) is -2.18. The van der Waals surface area contributed by atoms with Crippen molar-refractivity contribution in [1.29, 1.82) is 0 Å². The Morgan fingerprint density at radius 2 is 1.93 bits per heavy atom. The molecule has 5 atom stereocenters. The number of ether oxygens (including phenoxy) is 1. The van der Waals surface area contributed by atoms with Crippen molar-refractivity contribution in [1.82, 2.24) is 0 Å². The van der Waals surface area contributed by atoms with E-state index in [1.165, 1.54) is 0 Å². The average Bonchev–Trinajstić information content (AvgIpc) is 2.25. The van der Waals surface area contributed by atoms with Gasteiger partial charge in [-0.05, 0) is 17.4 Å². The van der Waals surface area contributed by atoms with Crippen LogP contribution in [0.5, 0.6) is 0 Å². The lowest BCUT2D eigenvalue weighted by molar-refractivity contribution is -0.301. The van der Waals surface area contributed by atoms with Crippen LogP contribution in [0.1, 0.15) is 0 Å². The van der Waals surface area contributed by atoms with E-state index in [1.54, 1.807) is 0 Å². The van der Waals surface area contributed by atoms with Crippen molar-refractivity contribution in [3.05, 3.63) is 0 Å². The number of isothiocyanates is 1. The molecular formula is C7H11NO6S. The van der Waals surface area contributed by atoms with Crippen molar-refractivity contribution in [3.8, 4) is 0 Å². The van der Waals surface area contributed by atoms with Crippen molar-refractivity contribution in [3.63, 3.8) is 0 Å². The SMILES string of the molecule is OC[C@H]1OC(ON=C=S)[C@@H](O)[C@@H](O)[C@@H]1O. The number of nitrogens with zero attached hydrogens (tertiary/aromatic N) is 1. The zero-order valence-electron chi connectivity index (χ0n) is 7.55. The van der Waals surface area contributed by atoms with Crippen molar-refractivity contribution in [2.75, 3.05) is 6.61 Å². The van der Waals surface area contributed by atoms with Gasteiger partial charge in [-0.1, -0.05) is 0 Å². The fraction of sp³-hybridized carbons (Fsp3) is 0.857. The lowest BCUT2D eigenvalue weighted by Gasteiger charge is -2.37. The van der Waals surface area contributed by atoms with Crippen LogP contribution < -0.4 is 0 Å². The third kappa shape index (κ3) is 2.70. The minimum atomic E-state index is -1.48. The molecule has 1 aliphatic heterocycles. The van der Waals surface area contributed by atoms with Gasteiger partial charge in [0.05, 0.1) is 6.61 Å². The highest BCUT2D eigenvalue weighted by Crippen LogP contribution is 2.21. The van der Waals surface area contributed by atoms with Crippen LogP contribution >= 0.6 is 12.2 Å². The van der Waals surface area contributed by atoms with Gasteiger partial charge in [-0.25, -0.2) is 0 Å². The van der Waals surface area contributed by atoms with Crippen molar-refractivity contribution < 1.29 is 30.0 Å². The Hall–Kier alpha value is -0.600. The minimum Gasteiger partial charge on any atom is -0.394 e. The predicted molar refractivity (Wildman–Crippen MR) is 49.9 cm³/mol. The molecule has 0 spiro atoms. The summed E-state index contributed by atoms with van der Waals surface area (Å²) < 4.78 is 4.92. The quantitative estimate of drug-likeness (QED) is 0.251. The maximum atomic E-state index is 9.38. The molecule has 0 aliphatic carbocycles. The van der Waals surface area contributed by atoms with Crippen molar-refractivity contribution in [2.45, 2.75) is 30.7 Å². The normalized spacial score (nSPS) is 40.7. The Kier molecular flexibility index (Phi) is 4.55. The zero-order chi connectivity index (χ0) is 11.4. The number of rotatable bonds is 3. The first kappa shape index (κ1) is 12.5. The standard InChI is InChI=1S/C7H11NO6S/c9-1-3-4(10)5(11)6(12)7(13-3)14-8-2-15/h3-7,9-12H,1H2/t3-,4-,5+,6+,7?/m1/s1. The summed E-state index contributed by atoms with van der Waals surface area (Å²) in [5, 5.41) is 41.8. The molecule has 0 aromatic heterocycles. The largest absolute Gasteiger partial charge is 0.394 e. The first-order valence-electron chi connectivity index (χ1n) is 4.15. The Morgan fingerprint density at radius 3 is 2.47 bits per heavy atom. The number of aliphatic hydroxyl groups excluding tert-OH is 4. The second kappa shape index (κ2) is 5.47. The fourth-order valence-electron chi connectivity index (χ4n) is 1.23. The molecule has 4 N–H and O–H groups in total. The summed E-state index contributed by atoms with van der Waals surface area (Å²) in [6, 6.07) is 0. The van der Waals surface area contributed by atoms with Crippen LogP contribution in [-0.4, -0.2) is 62.9 Å². The summed E-state index contributed by atoms with van der Waals surface area (Å²) in [4.78, 5) is 4.55. The van der Waals surface area contributed by atoms with Crippen LogP contribution in [0.3, 0.4) is 0 Å². The van der Waals surface area contributed by atoms with Crippen LogP contribution in [0.25, 0.3) is 0 Å². The first-order chi connectivity index (χ1) is 7.11. The molecule has 1 fully saturated rings. The molecule has 0 aromatic carbocycles. The van der Waals surface area contributed by atoms with E-state index in [0.717, 1.165) is 0 Å². The number of thiocarbonyl (C=S) groups is 1. The summed E-state index contributed by atoms with van der Waals surface area (Å²) in [5.74, 6) is 0. The molecular weight excluding hydrogens is 226 g/mol. The number of hydrogen-bond acceptors (Lipinski definition) is 8. The van der Waals surface area contributed by atoms with Gasteiger partial charge >= 0.3 is 0 Å². The van der Waals surface area contributed by atoms with Crippen LogP contribution in [0.4, 0.5) is 0 Å². The number of hydrogen-bond donors (Lipinski definition) is 4. The van der Waals surface area contributed by atoms with E-state index < -0.39 is 37.3 Å². The molecule has 8 heteroatoms. The second-order valence-electron chi connectivity index (χ2n) is 2.99. The van der Waals surface area contributed by atoms with E-state index in [-0.39, 0.29) is 0 Å². The highest BCUT2D eigenvalue weighted by Gasteiger charge is 2.44. The molecule has 1 saturated heterocycles. The lowest BCUT2D eigenvalue weighted by atomic mass is 9.99. The zero-order valence-corrected chi connectivity index (χ0v) is 8.37. The highest BCUT2D eigenvalue weighted by molar-refractivity contribution is 7.78. The van der Waals surface area contributed by atoms with E-state index in [4.69, 9.17) is 9.84 Å². The van der Waals surface area contributed by atoms with Crippen LogP contribution in [0, 0.1) is 0 Å². The van der Waals surface area contributed by atoms with Gasteiger partial charge in [0, 0.05) is 0 Å². The molecule has 1 aliphatic rings. The molecule has 1 heterocycles. The fourth-order valence-corrected chi connectivity index (χ4v) is 1.27. The van der Waals surface area contributed by atoms with Gasteiger partial charge in [0.2, 0.25) is 0 Å². The summed E-state index contributed by atoms with van der Waals surface area (Å²) in [6.07, 6.45) is -6.69. The molecule has 0 aromatic rings. The maximum Gasteiger partial charge on any atom is 0.256 e. The Labute approximate surface area is 90.5 Å². The molecule has 1 unspecified atom stereocenters. The summed E-state index contributed by atoms with van der Waals surface area (Å²) >= 11 is 4.23. The summed E-state index contributed by atoms with van der Waals surface area (Å²) in [7, 11) is 0. The summed E-state index contributed by atoms with van der Waals surface area (Å²) in [5.41, 5.74) is 0. The molecule has 7 nitrogen and oxygen atoms in total. The monoisotopic (exact) mass is 237 g/mol. The molecule has 0 bridgehead atoms. The molecule has 86 valence electrons. The van der Waals surface area contributed by atoms with Crippen LogP contribution in [0.2, 0.25) is 0 Å². The third-order valence-electron chi connectivity index (χ3n) is 2.04. The van der Waals surface area contributed by atoms with Gasteiger partial charge in [-0.2, -0.15) is 0 Å². The molecule has 15 heavy (non-hydrogen) atoms. The van der Waals surface area contributed by atoms with E-state index in [9.17, 15) is 15.3 Å². The summed E-state index contributed by atoms with van der Waals surface area (Å²) in [6.45, 7) is -0.522. The molecule has 1 rings (SSSR count). The van der Waals surface area contributed by atoms with Crippen molar-refractivity contribution in [2.24, 2.45) is 5.16 Å². The molecule has 0 radical (unpaired) electrons. The average molecular weight is 237 g/mol. The first-order valence-corrected chi connectivity index (χ1v) is 4.56. The van der Waals surface area contributed by atoms with Crippen LogP contribution in [0.15, 0.2) is 5.16 Å². The van der Waals surface area contributed by atoms with Gasteiger partial charge in [0.1, 0.15) is 29.6 Å². The van der Waals surface area contributed by atoms with E-state index in [1.807, 2.05) is 5.16 Å². The van der Waals surface area contributed by atoms with E-state index >= 15 is 0 Å². The second-order valence-corrected chi connectivity index (χ2v) is 3.17.